The Balaban J connectivity index is 1.69. The standard InChI is InChI=1S/C14H12ClN7OS/c15-9-3-1-8(2-4-9)13(23)22-21-12-10(16)11(18-7-19-12)20-14-17-5-6-24-14/h1-7H,16H2,(H,22,23)(H2,17,18,19,20,21). The number of nitrogens with two attached hydrogens (primary N) is 1. The van der Waals surface area contributed by atoms with E-state index in [1.165, 1.54) is 17.7 Å². The van der Waals surface area contributed by atoms with Crippen LogP contribution in [-0.4, -0.2) is 20.9 Å². The Morgan fingerprint density at radius 2 is 1.88 bits per heavy atom. The summed E-state index contributed by atoms with van der Waals surface area (Å²) >= 11 is 7.20. The van der Waals surface area contributed by atoms with E-state index in [4.69, 9.17) is 17.3 Å². The second-order valence-corrected chi connectivity index (χ2v) is 5.86. The van der Waals surface area contributed by atoms with E-state index in [2.05, 4.69) is 31.1 Å². The van der Waals surface area contributed by atoms with Crippen LogP contribution < -0.4 is 21.9 Å². The highest BCUT2D eigenvalue weighted by atomic mass is 35.5. The molecule has 0 saturated heterocycles. The van der Waals surface area contributed by atoms with Gasteiger partial charge in [-0.25, -0.2) is 15.0 Å². The van der Waals surface area contributed by atoms with E-state index in [1.54, 1.807) is 30.5 Å². The monoisotopic (exact) mass is 361 g/mol. The van der Waals surface area contributed by atoms with Crippen molar-refractivity contribution in [2.75, 3.05) is 16.5 Å². The summed E-state index contributed by atoms with van der Waals surface area (Å²) in [5.41, 5.74) is 11.9. The lowest BCUT2D eigenvalue weighted by Gasteiger charge is -2.12. The van der Waals surface area contributed by atoms with Gasteiger partial charge in [0.1, 0.15) is 12.0 Å². The summed E-state index contributed by atoms with van der Waals surface area (Å²) in [6.07, 6.45) is 2.99. The molecule has 0 spiro atoms. The molecule has 1 aromatic carbocycles. The molecule has 5 N–H and O–H groups in total. The molecule has 0 aliphatic carbocycles. The molecule has 122 valence electrons. The van der Waals surface area contributed by atoms with Gasteiger partial charge in [0, 0.05) is 22.2 Å². The summed E-state index contributed by atoms with van der Waals surface area (Å²) in [4.78, 5) is 24.2. The van der Waals surface area contributed by atoms with Crippen LogP contribution in [0.25, 0.3) is 0 Å². The van der Waals surface area contributed by atoms with Crippen molar-refractivity contribution in [3.05, 3.63) is 52.8 Å². The number of amides is 1. The SMILES string of the molecule is Nc1c(NNC(=O)c2ccc(Cl)cc2)ncnc1Nc1nccs1. The smallest absolute Gasteiger partial charge is 0.269 e. The van der Waals surface area contributed by atoms with Crippen molar-refractivity contribution < 1.29 is 4.79 Å². The minimum atomic E-state index is -0.348. The zero-order chi connectivity index (χ0) is 16.9. The third kappa shape index (κ3) is 3.70. The molecule has 0 bridgehead atoms. The van der Waals surface area contributed by atoms with Gasteiger partial charge in [-0.2, -0.15) is 0 Å². The van der Waals surface area contributed by atoms with Crippen LogP contribution in [0.5, 0.6) is 0 Å². The van der Waals surface area contributed by atoms with Gasteiger partial charge in [0.25, 0.3) is 5.91 Å². The lowest BCUT2D eigenvalue weighted by molar-refractivity contribution is 0.0962. The molecule has 3 rings (SSSR count). The van der Waals surface area contributed by atoms with Crippen molar-refractivity contribution in [3.8, 4) is 0 Å². The summed E-state index contributed by atoms with van der Waals surface area (Å²) in [5, 5.41) is 6.01. The van der Waals surface area contributed by atoms with Crippen molar-refractivity contribution in [2.24, 2.45) is 0 Å². The average Bonchev–Trinajstić information content (AvgIpc) is 3.09. The summed E-state index contributed by atoms with van der Waals surface area (Å²) in [6.45, 7) is 0. The highest BCUT2D eigenvalue weighted by Gasteiger charge is 2.11. The third-order valence-corrected chi connectivity index (χ3v) is 3.88. The fourth-order valence-electron chi connectivity index (χ4n) is 1.77. The molecular weight excluding hydrogens is 350 g/mol. The van der Waals surface area contributed by atoms with Gasteiger partial charge in [-0.05, 0) is 24.3 Å². The number of nitrogen functional groups attached to an aromatic ring is 1. The van der Waals surface area contributed by atoms with E-state index >= 15 is 0 Å². The van der Waals surface area contributed by atoms with Gasteiger partial charge in [-0.15, -0.1) is 11.3 Å². The number of nitrogens with one attached hydrogen (secondary N) is 3. The summed E-state index contributed by atoms with van der Waals surface area (Å²) in [6, 6.07) is 6.48. The maximum Gasteiger partial charge on any atom is 0.269 e. The zero-order valence-corrected chi connectivity index (χ0v) is 13.7. The molecule has 0 radical (unpaired) electrons. The largest absolute Gasteiger partial charge is 0.393 e. The Bertz CT molecular complexity index is 839. The van der Waals surface area contributed by atoms with Gasteiger partial charge in [0.05, 0.1) is 0 Å². The van der Waals surface area contributed by atoms with Gasteiger partial charge in [-0.3, -0.25) is 15.6 Å². The highest BCUT2D eigenvalue weighted by molar-refractivity contribution is 7.13. The molecule has 0 aliphatic heterocycles. The first-order valence-corrected chi connectivity index (χ1v) is 7.98. The summed E-state index contributed by atoms with van der Waals surface area (Å²) in [5.74, 6) is 0.314. The first kappa shape index (κ1) is 16.0. The Morgan fingerprint density at radius 1 is 1.12 bits per heavy atom. The van der Waals surface area contributed by atoms with Crippen molar-refractivity contribution in [2.45, 2.75) is 0 Å². The molecule has 0 aliphatic rings. The topological polar surface area (TPSA) is 118 Å². The number of thiazole rings is 1. The van der Waals surface area contributed by atoms with E-state index in [0.29, 0.717) is 21.5 Å². The van der Waals surface area contributed by atoms with Crippen LogP contribution in [0.15, 0.2) is 42.2 Å². The normalized spacial score (nSPS) is 10.2. The predicted molar refractivity (Wildman–Crippen MR) is 94.4 cm³/mol. The Kier molecular flexibility index (Phi) is 4.73. The molecule has 10 heteroatoms. The van der Waals surface area contributed by atoms with Crippen LogP contribution >= 0.6 is 22.9 Å². The number of carbonyl (C=O) groups is 1. The third-order valence-electron chi connectivity index (χ3n) is 2.94. The Labute approximate surface area is 146 Å². The number of anilines is 4. The number of nitrogens with zero attached hydrogens (tertiary/aromatic N) is 3. The van der Waals surface area contributed by atoms with Gasteiger partial charge in [0.15, 0.2) is 16.8 Å². The van der Waals surface area contributed by atoms with E-state index < -0.39 is 0 Å². The molecule has 0 saturated carbocycles. The first-order valence-electron chi connectivity index (χ1n) is 6.72. The van der Waals surface area contributed by atoms with E-state index in [1.807, 2.05) is 5.38 Å². The van der Waals surface area contributed by atoms with Gasteiger partial charge < -0.3 is 11.1 Å². The number of rotatable bonds is 5. The number of hydrogen-bond acceptors (Lipinski definition) is 8. The van der Waals surface area contributed by atoms with Crippen LogP contribution in [0.2, 0.25) is 5.02 Å². The molecule has 2 heterocycles. The van der Waals surface area contributed by atoms with Crippen LogP contribution in [0, 0.1) is 0 Å². The Morgan fingerprint density at radius 3 is 2.58 bits per heavy atom. The van der Waals surface area contributed by atoms with Gasteiger partial charge >= 0.3 is 0 Å². The van der Waals surface area contributed by atoms with Crippen LogP contribution in [0.1, 0.15) is 10.4 Å². The quantitative estimate of drug-likeness (QED) is 0.516. The minimum Gasteiger partial charge on any atom is -0.393 e. The molecule has 8 nitrogen and oxygen atoms in total. The molecular formula is C14H12ClN7OS. The Hall–Kier alpha value is -2.91. The molecule has 3 aromatic rings. The molecule has 0 fully saturated rings. The number of halogens is 1. The van der Waals surface area contributed by atoms with Crippen molar-refractivity contribution in [3.63, 3.8) is 0 Å². The van der Waals surface area contributed by atoms with Crippen molar-refractivity contribution in [1.82, 2.24) is 20.4 Å². The van der Waals surface area contributed by atoms with Crippen molar-refractivity contribution in [1.29, 1.82) is 0 Å². The summed E-state index contributed by atoms with van der Waals surface area (Å²) in [7, 11) is 0. The minimum absolute atomic E-state index is 0.254. The zero-order valence-electron chi connectivity index (χ0n) is 12.2. The molecule has 2 aromatic heterocycles. The number of hydrazine groups is 1. The molecule has 0 unspecified atom stereocenters. The molecule has 24 heavy (non-hydrogen) atoms. The second kappa shape index (κ2) is 7.11. The van der Waals surface area contributed by atoms with E-state index in [9.17, 15) is 4.79 Å². The van der Waals surface area contributed by atoms with Gasteiger partial charge in [0.2, 0.25) is 0 Å². The molecule has 1 amide bonds. The lowest BCUT2D eigenvalue weighted by atomic mass is 10.2. The van der Waals surface area contributed by atoms with Crippen LogP contribution in [0.3, 0.4) is 0 Å². The number of hydrogen-bond donors (Lipinski definition) is 4. The first-order chi connectivity index (χ1) is 11.6. The number of carbonyl (C=O) groups excluding carboxylic acids is 1. The van der Waals surface area contributed by atoms with Crippen LogP contribution in [-0.2, 0) is 0 Å². The van der Waals surface area contributed by atoms with E-state index in [-0.39, 0.29) is 17.4 Å². The van der Waals surface area contributed by atoms with E-state index in [0.717, 1.165) is 0 Å². The summed E-state index contributed by atoms with van der Waals surface area (Å²) < 4.78 is 0. The fraction of sp³-hybridized carbons (Fsp3) is 0. The number of aromatic nitrogens is 3. The maximum absolute atomic E-state index is 12.1. The van der Waals surface area contributed by atoms with Gasteiger partial charge in [-0.1, -0.05) is 11.6 Å². The highest BCUT2D eigenvalue weighted by Crippen LogP contribution is 2.26. The number of benzene rings is 1. The molecule has 0 atom stereocenters. The fourth-order valence-corrected chi connectivity index (χ4v) is 2.42. The van der Waals surface area contributed by atoms with Crippen molar-refractivity contribution >= 4 is 51.3 Å². The predicted octanol–water partition coefficient (Wildman–Crippen LogP) is 2.67. The second-order valence-electron chi connectivity index (χ2n) is 4.53. The lowest BCUT2D eigenvalue weighted by Crippen LogP contribution is -2.30. The average molecular weight is 362 g/mol. The van der Waals surface area contributed by atoms with Crippen LogP contribution in [0.4, 0.5) is 22.5 Å². The maximum atomic E-state index is 12.1.